The van der Waals surface area contributed by atoms with Crippen LogP contribution in [0.4, 0.5) is 4.79 Å². The molecule has 25 heavy (non-hydrogen) atoms. The molecule has 0 aromatic rings. The minimum Gasteiger partial charge on any atom is -0.479 e. The first-order chi connectivity index (χ1) is 11.4. The van der Waals surface area contributed by atoms with Gasteiger partial charge >= 0.3 is 12.1 Å². The zero-order chi connectivity index (χ0) is 19.0. The van der Waals surface area contributed by atoms with Crippen LogP contribution < -0.4 is 0 Å². The molecule has 2 fully saturated rings. The van der Waals surface area contributed by atoms with Crippen molar-refractivity contribution in [3.8, 4) is 0 Å². The third kappa shape index (κ3) is 4.27. The van der Waals surface area contributed by atoms with Crippen LogP contribution in [0.5, 0.6) is 0 Å². The molecule has 0 unspecified atom stereocenters. The van der Waals surface area contributed by atoms with E-state index in [1.165, 1.54) is 11.3 Å². The highest BCUT2D eigenvalue weighted by Gasteiger charge is 2.61. The predicted molar refractivity (Wildman–Crippen MR) is 94.3 cm³/mol. The van der Waals surface area contributed by atoms with Crippen LogP contribution in [0.1, 0.15) is 80.1 Å². The molecule has 6 heteroatoms. The highest BCUT2D eigenvalue weighted by molar-refractivity contribution is 5.81. The first-order valence-corrected chi connectivity index (χ1v) is 9.33. The van der Waals surface area contributed by atoms with E-state index in [-0.39, 0.29) is 0 Å². The number of hydrogen-bond donors (Lipinski definition) is 1. The smallest absolute Gasteiger partial charge is 0.412 e. The Morgan fingerprint density at radius 1 is 1.16 bits per heavy atom. The molecule has 2 aliphatic rings. The number of carbonyl (C=O) groups is 2. The summed E-state index contributed by atoms with van der Waals surface area (Å²) >= 11 is 0. The number of amides is 1. The second kappa shape index (κ2) is 6.78. The number of ether oxygens (including phenoxy) is 2. The van der Waals surface area contributed by atoms with E-state index in [9.17, 15) is 14.7 Å². The van der Waals surface area contributed by atoms with E-state index in [4.69, 9.17) is 9.47 Å². The third-order valence-electron chi connectivity index (χ3n) is 5.29. The summed E-state index contributed by atoms with van der Waals surface area (Å²) in [6.45, 7) is 10.5. The first-order valence-electron chi connectivity index (χ1n) is 9.33. The molecule has 0 bridgehead atoms. The topological polar surface area (TPSA) is 76.1 Å². The molecule has 144 valence electrons. The Morgan fingerprint density at radius 2 is 1.72 bits per heavy atom. The Labute approximate surface area is 150 Å². The van der Waals surface area contributed by atoms with E-state index in [0.29, 0.717) is 12.3 Å². The third-order valence-corrected chi connectivity index (χ3v) is 5.29. The van der Waals surface area contributed by atoms with Gasteiger partial charge in [-0.15, -0.1) is 0 Å². The fraction of sp³-hybridized carbons (Fsp3) is 0.895. The molecule has 6 nitrogen and oxygen atoms in total. The number of carboxylic acid groups (broad SMARTS) is 1. The maximum absolute atomic E-state index is 12.9. The fourth-order valence-corrected chi connectivity index (χ4v) is 4.17. The molecular formula is C19H33NO5. The Kier molecular flexibility index (Phi) is 5.43. The number of aliphatic carboxylic acids is 1. The van der Waals surface area contributed by atoms with Gasteiger partial charge in [0, 0.05) is 0 Å². The van der Waals surface area contributed by atoms with Gasteiger partial charge in [0.1, 0.15) is 11.3 Å². The summed E-state index contributed by atoms with van der Waals surface area (Å²) in [6, 6.07) is -0.544. The molecule has 1 saturated carbocycles. The largest absolute Gasteiger partial charge is 0.479 e. The number of rotatable bonds is 3. The van der Waals surface area contributed by atoms with E-state index in [0.717, 1.165) is 25.7 Å². The van der Waals surface area contributed by atoms with Gasteiger partial charge in [-0.3, -0.25) is 4.90 Å². The second-order valence-corrected chi connectivity index (χ2v) is 9.07. The van der Waals surface area contributed by atoms with Crippen LogP contribution >= 0.6 is 0 Å². The van der Waals surface area contributed by atoms with Gasteiger partial charge in [-0.1, -0.05) is 32.1 Å². The maximum atomic E-state index is 12.9. The van der Waals surface area contributed by atoms with Crippen molar-refractivity contribution in [1.82, 2.24) is 4.90 Å². The average Bonchev–Trinajstić information content (AvgIpc) is 2.65. The molecule has 1 N–H and O–H groups in total. The number of carboxylic acids is 1. The molecule has 1 amide bonds. The van der Waals surface area contributed by atoms with Crippen LogP contribution in [0, 0.1) is 5.92 Å². The van der Waals surface area contributed by atoms with E-state index in [2.05, 4.69) is 0 Å². The molecule has 0 radical (unpaired) electrons. The molecule has 2 atom stereocenters. The zero-order valence-electron chi connectivity index (χ0n) is 16.4. The lowest BCUT2D eigenvalue weighted by Crippen LogP contribution is -2.54. The lowest BCUT2D eigenvalue weighted by molar-refractivity contribution is -0.171. The number of nitrogens with zero attached hydrogens (tertiary/aromatic N) is 1. The van der Waals surface area contributed by atoms with Crippen molar-refractivity contribution < 1.29 is 24.2 Å². The average molecular weight is 355 g/mol. The van der Waals surface area contributed by atoms with Gasteiger partial charge in [-0.05, 0) is 53.9 Å². The SMILES string of the molecule is CC(C)(C)OC(=O)N1[C@@H](CC2CCCCC2)[C@](C)(C(=O)O)OC1(C)C. The standard InChI is InChI=1S/C19H33NO5/c1-17(2,3)24-16(23)20-14(12-13-10-8-7-9-11-13)19(6,15(21)22)25-18(20,4)5/h13-14H,7-12H2,1-6H3,(H,21,22)/t14-,19+/m0/s1. The Hall–Kier alpha value is -1.30. The predicted octanol–water partition coefficient (Wildman–Crippen LogP) is 4.17. The molecule has 0 spiro atoms. The van der Waals surface area contributed by atoms with Gasteiger partial charge < -0.3 is 14.6 Å². The van der Waals surface area contributed by atoms with Crippen molar-refractivity contribution in [3.63, 3.8) is 0 Å². The number of carbonyl (C=O) groups excluding carboxylic acids is 1. The van der Waals surface area contributed by atoms with Crippen molar-refractivity contribution in [2.24, 2.45) is 5.92 Å². The lowest BCUT2D eigenvalue weighted by atomic mass is 9.80. The van der Waals surface area contributed by atoms with Crippen molar-refractivity contribution >= 4 is 12.1 Å². The van der Waals surface area contributed by atoms with Crippen LogP contribution in [0.25, 0.3) is 0 Å². The molecule has 1 heterocycles. The van der Waals surface area contributed by atoms with Crippen molar-refractivity contribution in [3.05, 3.63) is 0 Å². The number of hydrogen-bond acceptors (Lipinski definition) is 4. The first kappa shape index (κ1) is 20.0. The summed E-state index contributed by atoms with van der Waals surface area (Å²) in [6.07, 6.45) is 5.84. The molecule has 1 aliphatic carbocycles. The molecule has 1 aliphatic heterocycles. The van der Waals surface area contributed by atoms with Crippen molar-refractivity contribution in [2.45, 2.75) is 103 Å². The highest BCUT2D eigenvalue weighted by Crippen LogP contribution is 2.44. The van der Waals surface area contributed by atoms with Crippen LogP contribution in [-0.4, -0.2) is 45.0 Å². The summed E-state index contributed by atoms with van der Waals surface area (Å²) in [5, 5.41) is 9.83. The van der Waals surface area contributed by atoms with Gasteiger partial charge in [-0.2, -0.15) is 0 Å². The van der Waals surface area contributed by atoms with Crippen LogP contribution in [0.15, 0.2) is 0 Å². The van der Waals surface area contributed by atoms with E-state index < -0.39 is 35.0 Å². The molecule has 2 rings (SSSR count). The zero-order valence-corrected chi connectivity index (χ0v) is 16.4. The Bertz CT molecular complexity index is 518. The van der Waals surface area contributed by atoms with Crippen molar-refractivity contribution in [1.29, 1.82) is 0 Å². The normalized spacial score (nSPS) is 30.3. The van der Waals surface area contributed by atoms with Gasteiger partial charge in [0.05, 0.1) is 6.04 Å². The molecule has 1 saturated heterocycles. The van der Waals surface area contributed by atoms with Crippen molar-refractivity contribution in [2.75, 3.05) is 0 Å². The Morgan fingerprint density at radius 3 is 2.20 bits per heavy atom. The van der Waals surface area contributed by atoms with Crippen LogP contribution in [0.2, 0.25) is 0 Å². The second-order valence-electron chi connectivity index (χ2n) is 9.07. The van der Waals surface area contributed by atoms with Gasteiger partial charge in [0.2, 0.25) is 0 Å². The maximum Gasteiger partial charge on any atom is 0.412 e. The van der Waals surface area contributed by atoms with Gasteiger partial charge in [0.25, 0.3) is 0 Å². The van der Waals surface area contributed by atoms with Crippen LogP contribution in [0.3, 0.4) is 0 Å². The van der Waals surface area contributed by atoms with Gasteiger partial charge in [0.15, 0.2) is 5.60 Å². The molecule has 0 aromatic heterocycles. The summed E-state index contributed by atoms with van der Waals surface area (Å²) in [7, 11) is 0. The Balaban J connectivity index is 2.33. The molecular weight excluding hydrogens is 322 g/mol. The quantitative estimate of drug-likeness (QED) is 0.822. The summed E-state index contributed by atoms with van der Waals surface area (Å²) in [5.41, 5.74) is -3.11. The highest BCUT2D eigenvalue weighted by atomic mass is 16.6. The minimum absolute atomic E-state index is 0.417. The summed E-state index contributed by atoms with van der Waals surface area (Å²) < 4.78 is 11.5. The van der Waals surface area contributed by atoms with Gasteiger partial charge in [-0.25, -0.2) is 9.59 Å². The minimum atomic E-state index is -1.43. The molecule has 0 aromatic carbocycles. The summed E-state index contributed by atoms with van der Waals surface area (Å²) in [5.74, 6) is -0.618. The monoisotopic (exact) mass is 355 g/mol. The lowest BCUT2D eigenvalue weighted by Gasteiger charge is -2.37. The van der Waals surface area contributed by atoms with E-state index in [1.54, 1.807) is 41.5 Å². The summed E-state index contributed by atoms with van der Waals surface area (Å²) in [4.78, 5) is 26.4. The van der Waals surface area contributed by atoms with Crippen LogP contribution in [-0.2, 0) is 14.3 Å². The fourth-order valence-electron chi connectivity index (χ4n) is 4.17. The van der Waals surface area contributed by atoms with E-state index in [1.807, 2.05) is 0 Å². The van der Waals surface area contributed by atoms with E-state index >= 15 is 0 Å².